The molecule has 1 atom stereocenters. The fraction of sp³-hybridized carbons (Fsp3) is 0. The van der Waals surface area contributed by atoms with Gasteiger partial charge < -0.3 is 0 Å². The quantitative estimate of drug-likeness (QED) is 0.324. The second-order valence-electron chi connectivity index (χ2n) is 0.408. The molecule has 1 unspecified atom stereocenters. The van der Waals surface area contributed by atoms with Crippen molar-refractivity contribution in [2.45, 2.75) is 0 Å². The van der Waals surface area contributed by atoms with E-state index in [2.05, 4.69) is 9.12 Å². The van der Waals surface area contributed by atoms with Crippen molar-refractivity contribution in [1.82, 2.24) is 0 Å². The van der Waals surface area contributed by atoms with Crippen LogP contribution in [0, 0.1) is 0 Å². The molecule has 41 valence electrons. The summed E-state index contributed by atoms with van der Waals surface area (Å²) in [6.07, 6.45) is 0. The van der Waals surface area contributed by atoms with Gasteiger partial charge in [-0.2, -0.15) is 9.12 Å². The van der Waals surface area contributed by atoms with Gasteiger partial charge in [0.2, 0.25) is 0 Å². The number of rotatable bonds is 0. The maximum atomic E-state index is 2.64. The summed E-state index contributed by atoms with van der Waals surface area (Å²) in [7, 11) is 3.97. The van der Waals surface area contributed by atoms with Gasteiger partial charge in [-0.05, 0) is 10.1 Å². The van der Waals surface area contributed by atoms with Crippen LogP contribution in [0.4, 0.5) is 0 Å². The summed E-state index contributed by atoms with van der Waals surface area (Å²) in [5.74, 6) is 0. The van der Waals surface area contributed by atoms with Crippen molar-refractivity contribution < 1.29 is 34.1 Å². The Bertz CT molecular complexity index is 15.5. The van der Waals surface area contributed by atoms with Gasteiger partial charge in [0.05, 0.1) is 0 Å². The van der Waals surface area contributed by atoms with Crippen LogP contribution in [0.2, 0.25) is 0 Å². The SMILES string of the molecule is [Fe].[GeH4].[Mn].[SiH3]BP. The minimum Gasteiger partial charge on any atom is -0.179 e. The van der Waals surface area contributed by atoms with E-state index >= 15 is 0 Å². The molecule has 0 aromatic heterocycles. The van der Waals surface area contributed by atoms with Gasteiger partial charge in [0.15, 0.2) is 0 Å². The molecule has 0 aliphatic rings. The first-order valence-electron chi connectivity index (χ1n) is 1.12. The van der Waals surface area contributed by atoms with E-state index in [1.54, 1.807) is 0 Å². The van der Waals surface area contributed by atoms with E-state index in [9.17, 15) is 0 Å². The molecule has 0 aromatic carbocycles. The Balaban J connectivity index is -0.00000000667. The zero-order chi connectivity index (χ0) is 2.71. The molecule has 0 fully saturated rings. The van der Waals surface area contributed by atoms with Gasteiger partial charge >= 0.3 is 17.6 Å². The fourth-order valence-corrected chi connectivity index (χ4v) is 0. The standard InChI is InChI=1S/BH6PSi.Fe.GeH4.Mn/c2-1-3;;;/h1H,2H2,3H3;;1H4;. The van der Waals surface area contributed by atoms with E-state index in [-0.39, 0.29) is 51.7 Å². The van der Waals surface area contributed by atoms with Crippen LogP contribution in [0.1, 0.15) is 0 Å². The van der Waals surface area contributed by atoms with E-state index in [0.717, 1.165) is 0 Å². The van der Waals surface area contributed by atoms with Crippen LogP contribution < -0.4 is 0 Å². The first-order valence-corrected chi connectivity index (χ1v) is 3.35. The van der Waals surface area contributed by atoms with Gasteiger partial charge in [0.25, 0.3) is 0 Å². The monoisotopic (exact) mass is 265 g/mol. The van der Waals surface area contributed by atoms with Gasteiger partial charge in [0.1, 0.15) is 6.59 Å². The van der Waals surface area contributed by atoms with E-state index in [1.165, 1.54) is 16.7 Å². The molecular weight excluding hydrogens is 253 g/mol. The first-order chi connectivity index (χ1) is 1.41. The average molecular weight is 263 g/mol. The van der Waals surface area contributed by atoms with Gasteiger partial charge in [-0.15, -0.1) is 0 Å². The van der Waals surface area contributed by atoms with Crippen molar-refractivity contribution in [2.75, 3.05) is 0 Å². The Labute approximate surface area is 77.0 Å². The van der Waals surface area contributed by atoms with Gasteiger partial charge in [-0.3, -0.25) is 0 Å². The summed E-state index contributed by atoms with van der Waals surface area (Å²) in [6.45, 7) is 1.31. The van der Waals surface area contributed by atoms with Gasteiger partial charge in [0, 0.05) is 34.1 Å². The molecule has 0 bridgehead atoms. The summed E-state index contributed by atoms with van der Waals surface area (Å²) in [6, 6.07) is 0. The first kappa shape index (κ1) is 23.9. The van der Waals surface area contributed by atoms with Crippen molar-refractivity contribution >= 4 is 43.4 Å². The molecule has 0 nitrogen and oxygen atoms in total. The second kappa shape index (κ2) is 26.6. The maximum absolute atomic E-state index is 2.64. The van der Waals surface area contributed by atoms with E-state index in [1.807, 2.05) is 0 Å². The molecule has 0 aliphatic heterocycles. The van der Waals surface area contributed by atoms with Crippen molar-refractivity contribution in [3.63, 3.8) is 0 Å². The Kier molecular flexibility index (Phi) is 106. The molecule has 0 amide bonds. The molecule has 0 rings (SSSR count). The smallest absolute Gasteiger partial charge is 0.128 e. The molecule has 6 heavy (non-hydrogen) atoms. The molecular formula is H10BFeGeMnPSi. The average Bonchev–Trinajstić information content (AvgIpc) is 0.918. The normalized spacial score (nSPS) is 2.83. The summed E-state index contributed by atoms with van der Waals surface area (Å²) < 4.78 is 0. The second-order valence-corrected chi connectivity index (χ2v) is 3.67. The molecule has 0 aliphatic carbocycles. The van der Waals surface area contributed by atoms with Crippen LogP contribution in [-0.4, -0.2) is 34.3 Å². The molecule has 0 N–H and O–H groups in total. The third-order valence-corrected chi connectivity index (χ3v) is 0. The van der Waals surface area contributed by atoms with Crippen LogP contribution in [0.3, 0.4) is 0 Å². The molecule has 0 heterocycles. The summed E-state index contributed by atoms with van der Waals surface area (Å²) in [5.41, 5.74) is 0. The predicted molar refractivity (Wildman–Crippen MR) is 38.1 cm³/mol. The zero-order valence-electron chi connectivity index (χ0n) is 3.02. The van der Waals surface area contributed by atoms with Crippen molar-refractivity contribution in [3.8, 4) is 0 Å². The third-order valence-electron chi connectivity index (χ3n) is 0. The van der Waals surface area contributed by atoms with Crippen molar-refractivity contribution in [1.29, 1.82) is 0 Å². The van der Waals surface area contributed by atoms with Crippen LogP contribution in [0.15, 0.2) is 0 Å². The Morgan fingerprint density at radius 3 is 1.50 bits per heavy atom. The summed E-state index contributed by atoms with van der Waals surface area (Å²) in [5, 5.41) is 0. The minimum atomic E-state index is 0. The molecule has 1 radical (unpaired) electrons. The minimum absolute atomic E-state index is 0. The fourth-order valence-electron chi connectivity index (χ4n) is 0. The largest absolute Gasteiger partial charge is 0.179 e. The molecule has 0 saturated carbocycles. The Morgan fingerprint density at radius 1 is 1.50 bits per heavy atom. The summed E-state index contributed by atoms with van der Waals surface area (Å²) in [4.78, 5) is 0. The van der Waals surface area contributed by atoms with Crippen LogP contribution in [0.25, 0.3) is 0 Å². The molecule has 0 saturated heterocycles. The third kappa shape index (κ3) is 33.5. The molecule has 0 aromatic rings. The van der Waals surface area contributed by atoms with Gasteiger partial charge in [-0.25, -0.2) is 0 Å². The Hall–Kier alpha value is 2.29. The maximum Gasteiger partial charge on any atom is 0.128 e. The zero-order valence-corrected chi connectivity index (χ0v) is 8.46. The predicted octanol–water partition coefficient (Wildman–Crippen LogP) is -2.96. The summed E-state index contributed by atoms with van der Waals surface area (Å²) >= 11 is 0. The number of hydrogen-bond acceptors (Lipinski definition) is 0. The van der Waals surface area contributed by atoms with E-state index < -0.39 is 0 Å². The molecule has 0 spiro atoms. The topological polar surface area (TPSA) is 0 Å². The van der Waals surface area contributed by atoms with Crippen molar-refractivity contribution in [2.24, 2.45) is 0 Å². The van der Waals surface area contributed by atoms with E-state index in [4.69, 9.17) is 0 Å². The van der Waals surface area contributed by atoms with Gasteiger partial charge in [-0.1, -0.05) is 0 Å². The van der Waals surface area contributed by atoms with Crippen LogP contribution in [-0.2, 0) is 34.1 Å². The number of hydrogen-bond donors (Lipinski definition) is 0. The van der Waals surface area contributed by atoms with E-state index in [0.29, 0.717) is 0 Å². The van der Waals surface area contributed by atoms with Crippen LogP contribution in [0.5, 0.6) is 0 Å². The van der Waals surface area contributed by atoms with Crippen LogP contribution >= 0.6 is 9.12 Å². The molecule has 6 heteroatoms. The Morgan fingerprint density at radius 2 is 1.50 bits per heavy atom. The van der Waals surface area contributed by atoms with Crippen molar-refractivity contribution in [3.05, 3.63) is 0 Å².